The third kappa shape index (κ3) is 2.60. The van der Waals surface area contributed by atoms with Gasteiger partial charge in [-0.25, -0.2) is 0 Å². The van der Waals surface area contributed by atoms with Crippen LogP contribution < -0.4 is 0 Å². The standard InChI is InChI=1S/C13H17ClN2O/c1-9-3-4-12(10(2)15-9)13(17)16-6-5-11(7-14)8-16/h3-4,11H,5-8H2,1-2H3. The summed E-state index contributed by atoms with van der Waals surface area (Å²) in [4.78, 5) is 18.5. The Morgan fingerprint density at radius 3 is 2.88 bits per heavy atom. The van der Waals surface area contributed by atoms with Gasteiger partial charge in [0.2, 0.25) is 0 Å². The fourth-order valence-electron chi connectivity index (χ4n) is 2.23. The molecule has 0 radical (unpaired) electrons. The van der Waals surface area contributed by atoms with Crippen LogP contribution >= 0.6 is 11.6 Å². The summed E-state index contributed by atoms with van der Waals surface area (Å²) < 4.78 is 0. The molecule has 1 unspecified atom stereocenters. The van der Waals surface area contributed by atoms with Gasteiger partial charge in [0, 0.05) is 24.7 Å². The second-order valence-electron chi connectivity index (χ2n) is 4.65. The highest BCUT2D eigenvalue weighted by Gasteiger charge is 2.27. The van der Waals surface area contributed by atoms with Crippen molar-refractivity contribution in [3.8, 4) is 0 Å². The van der Waals surface area contributed by atoms with Crippen molar-refractivity contribution < 1.29 is 4.79 Å². The van der Waals surface area contributed by atoms with Crippen LogP contribution in [0, 0.1) is 19.8 Å². The van der Waals surface area contributed by atoms with Crippen LogP contribution in [-0.2, 0) is 0 Å². The molecule has 0 N–H and O–H groups in total. The summed E-state index contributed by atoms with van der Waals surface area (Å²) >= 11 is 5.83. The minimum absolute atomic E-state index is 0.0858. The monoisotopic (exact) mass is 252 g/mol. The van der Waals surface area contributed by atoms with Gasteiger partial charge in [-0.1, -0.05) is 0 Å². The molecule has 0 saturated carbocycles. The highest BCUT2D eigenvalue weighted by atomic mass is 35.5. The molecule has 0 aromatic carbocycles. The minimum Gasteiger partial charge on any atom is -0.338 e. The largest absolute Gasteiger partial charge is 0.338 e. The maximum atomic E-state index is 12.3. The number of hydrogen-bond acceptors (Lipinski definition) is 2. The van der Waals surface area contributed by atoms with Crippen molar-refractivity contribution in [3.05, 3.63) is 29.1 Å². The van der Waals surface area contributed by atoms with E-state index in [0.29, 0.717) is 17.4 Å². The summed E-state index contributed by atoms with van der Waals surface area (Å²) in [6, 6.07) is 3.75. The van der Waals surface area contributed by atoms with Crippen molar-refractivity contribution in [1.82, 2.24) is 9.88 Å². The summed E-state index contributed by atoms with van der Waals surface area (Å²) in [5.74, 6) is 1.16. The second kappa shape index (κ2) is 5.05. The molecule has 1 aliphatic rings. The van der Waals surface area contributed by atoms with Crippen LogP contribution in [0.1, 0.15) is 28.2 Å². The zero-order valence-corrected chi connectivity index (χ0v) is 11.0. The molecule has 1 aliphatic heterocycles. The van der Waals surface area contributed by atoms with E-state index < -0.39 is 0 Å². The summed E-state index contributed by atoms with van der Waals surface area (Å²) in [5, 5.41) is 0. The van der Waals surface area contributed by atoms with Gasteiger partial charge in [0.25, 0.3) is 5.91 Å². The lowest BCUT2D eigenvalue weighted by atomic mass is 10.1. The Hall–Kier alpha value is -1.09. The van der Waals surface area contributed by atoms with Crippen LogP contribution in [0.25, 0.3) is 0 Å². The maximum absolute atomic E-state index is 12.3. The van der Waals surface area contributed by atoms with E-state index in [2.05, 4.69) is 4.98 Å². The summed E-state index contributed by atoms with van der Waals surface area (Å²) in [7, 11) is 0. The molecule has 0 aliphatic carbocycles. The van der Waals surface area contributed by atoms with Gasteiger partial charge < -0.3 is 4.90 Å². The maximum Gasteiger partial charge on any atom is 0.255 e. The lowest BCUT2D eigenvalue weighted by Gasteiger charge is -2.17. The van der Waals surface area contributed by atoms with E-state index in [-0.39, 0.29) is 5.91 Å². The number of carbonyl (C=O) groups is 1. The fourth-order valence-corrected chi connectivity index (χ4v) is 2.48. The number of amides is 1. The average molecular weight is 253 g/mol. The molecule has 3 nitrogen and oxygen atoms in total. The summed E-state index contributed by atoms with van der Waals surface area (Å²) in [6.07, 6.45) is 1.01. The van der Waals surface area contributed by atoms with Gasteiger partial charge in [0.05, 0.1) is 11.3 Å². The van der Waals surface area contributed by atoms with Crippen molar-refractivity contribution in [2.75, 3.05) is 19.0 Å². The summed E-state index contributed by atoms with van der Waals surface area (Å²) in [5.41, 5.74) is 2.47. The lowest BCUT2D eigenvalue weighted by molar-refractivity contribution is 0.0787. The van der Waals surface area contributed by atoms with Gasteiger partial charge in [-0.15, -0.1) is 11.6 Å². The SMILES string of the molecule is Cc1ccc(C(=O)N2CCC(CCl)C2)c(C)n1. The van der Waals surface area contributed by atoms with E-state index >= 15 is 0 Å². The van der Waals surface area contributed by atoms with Gasteiger partial charge in [0.1, 0.15) is 0 Å². The molecule has 1 atom stereocenters. The number of hydrogen-bond donors (Lipinski definition) is 0. The van der Waals surface area contributed by atoms with Crippen LogP contribution in [0.4, 0.5) is 0 Å². The predicted octanol–water partition coefficient (Wildman–Crippen LogP) is 2.40. The highest BCUT2D eigenvalue weighted by Crippen LogP contribution is 2.20. The zero-order valence-electron chi connectivity index (χ0n) is 10.2. The molecule has 1 amide bonds. The van der Waals surface area contributed by atoms with E-state index in [0.717, 1.165) is 30.9 Å². The number of aromatic nitrogens is 1. The Morgan fingerprint density at radius 2 is 2.29 bits per heavy atom. The first-order chi connectivity index (χ1) is 8.11. The first-order valence-electron chi connectivity index (χ1n) is 5.91. The smallest absolute Gasteiger partial charge is 0.255 e. The van der Waals surface area contributed by atoms with E-state index in [1.807, 2.05) is 30.9 Å². The number of carbonyl (C=O) groups excluding carboxylic acids is 1. The van der Waals surface area contributed by atoms with Gasteiger partial charge in [-0.3, -0.25) is 9.78 Å². The predicted molar refractivity (Wildman–Crippen MR) is 68.4 cm³/mol. The molecule has 0 spiro atoms. The van der Waals surface area contributed by atoms with Gasteiger partial charge in [-0.2, -0.15) is 0 Å². The van der Waals surface area contributed by atoms with E-state index in [1.54, 1.807) is 0 Å². The number of likely N-dealkylation sites (tertiary alicyclic amines) is 1. The number of aryl methyl sites for hydroxylation is 2. The van der Waals surface area contributed by atoms with Crippen molar-refractivity contribution in [2.24, 2.45) is 5.92 Å². The normalized spacial score (nSPS) is 19.7. The first-order valence-corrected chi connectivity index (χ1v) is 6.44. The number of pyridine rings is 1. The van der Waals surface area contributed by atoms with Gasteiger partial charge in [-0.05, 0) is 38.3 Å². The van der Waals surface area contributed by atoms with Gasteiger partial charge in [0.15, 0.2) is 0 Å². The van der Waals surface area contributed by atoms with Crippen LogP contribution in [0.5, 0.6) is 0 Å². The lowest BCUT2D eigenvalue weighted by Crippen LogP contribution is -2.29. The van der Waals surface area contributed by atoms with Crippen LogP contribution in [0.3, 0.4) is 0 Å². The molecule has 1 fully saturated rings. The number of nitrogens with zero attached hydrogens (tertiary/aromatic N) is 2. The minimum atomic E-state index is 0.0858. The molecule has 2 rings (SSSR count). The Morgan fingerprint density at radius 1 is 1.53 bits per heavy atom. The Kier molecular flexibility index (Phi) is 3.67. The fraction of sp³-hybridized carbons (Fsp3) is 0.538. The number of alkyl halides is 1. The zero-order chi connectivity index (χ0) is 12.4. The van der Waals surface area contributed by atoms with E-state index in [4.69, 9.17) is 11.6 Å². The van der Waals surface area contributed by atoms with Crippen LogP contribution in [0.2, 0.25) is 0 Å². The Bertz CT molecular complexity index is 433. The van der Waals surface area contributed by atoms with Gasteiger partial charge >= 0.3 is 0 Å². The topological polar surface area (TPSA) is 33.2 Å². The highest BCUT2D eigenvalue weighted by molar-refractivity contribution is 6.18. The molecular weight excluding hydrogens is 236 g/mol. The van der Waals surface area contributed by atoms with Crippen molar-refractivity contribution in [1.29, 1.82) is 0 Å². The van der Waals surface area contributed by atoms with Crippen LogP contribution in [-0.4, -0.2) is 34.8 Å². The molecule has 1 aromatic rings. The van der Waals surface area contributed by atoms with E-state index in [9.17, 15) is 4.79 Å². The number of halogens is 1. The molecule has 2 heterocycles. The quantitative estimate of drug-likeness (QED) is 0.758. The second-order valence-corrected chi connectivity index (χ2v) is 4.95. The third-order valence-electron chi connectivity index (χ3n) is 3.25. The molecule has 4 heteroatoms. The molecule has 1 saturated heterocycles. The molecular formula is C13H17ClN2O. The molecule has 92 valence electrons. The Balaban J connectivity index is 2.15. The Labute approximate surface area is 107 Å². The van der Waals surface area contributed by atoms with Crippen molar-refractivity contribution in [3.63, 3.8) is 0 Å². The molecule has 1 aromatic heterocycles. The van der Waals surface area contributed by atoms with Crippen molar-refractivity contribution in [2.45, 2.75) is 20.3 Å². The number of rotatable bonds is 2. The third-order valence-corrected chi connectivity index (χ3v) is 3.68. The summed E-state index contributed by atoms with van der Waals surface area (Å²) in [6.45, 7) is 5.40. The van der Waals surface area contributed by atoms with Crippen LogP contribution in [0.15, 0.2) is 12.1 Å². The molecule has 17 heavy (non-hydrogen) atoms. The van der Waals surface area contributed by atoms with Crippen molar-refractivity contribution >= 4 is 17.5 Å². The average Bonchev–Trinajstić information content (AvgIpc) is 2.76. The molecule has 0 bridgehead atoms. The van der Waals surface area contributed by atoms with E-state index in [1.165, 1.54) is 0 Å². The first kappa shape index (κ1) is 12.4.